The number of hydrogen-bond donors (Lipinski definition) is 1. The number of hydrogen-bond acceptors (Lipinski definition) is 4. The molecule has 1 amide bonds. The second-order valence-electron chi connectivity index (χ2n) is 5.10. The fourth-order valence-corrected chi connectivity index (χ4v) is 2.80. The molecule has 1 heterocycles. The minimum absolute atomic E-state index is 0.0296. The van der Waals surface area contributed by atoms with Crippen molar-refractivity contribution in [1.29, 1.82) is 0 Å². The zero-order valence-corrected chi connectivity index (χ0v) is 13.8. The largest absolute Gasteiger partial charge is 0.325 e. The third kappa shape index (κ3) is 3.44. The Balaban J connectivity index is 2.08. The van der Waals surface area contributed by atoms with E-state index in [9.17, 15) is 4.79 Å². The number of anilines is 1. The van der Waals surface area contributed by atoms with Gasteiger partial charge in [-0.15, -0.1) is 10.2 Å². The summed E-state index contributed by atoms with van der Waals surface area (Å²) in [6.45, 7) is 7.75. The first-order valence-corrected chi connectivity index (χ1v) is 7.68. The Morgan fingerprint density at radius 1 is 1.24 bits per heavy atom. The Labute approximate surface area is 129 Å². The number of carbonyl (C=O) groups is 1. The normalized spacial score (nSPS) is 12.2. The SMILES string of the molecule is Cc1cccc(C)c1NC(=O)[C@@H](C)Sc1nnc(C)n1C. The van der Waals surface area contributed by atoms with Crippen LogP contribution in [0, 0.1) is 20.8 Å². The van der Waals surface area contributed by atoms with Crippen LogP contribution >= 0.6 is 11.8 Å². The second kappa shape index (κ2) is 6.30. The molecule has 0 fully saturated rings. The van der Waals surface area contributed by atoms with Gasteiger partial charge in [-0.2, -0.15) is 0 Å². The third-order valence-electron chi connectivity index (χ3n) is 3.43. The molecule has 0 aliphatic carbocycles. The monoisotopic (exact) mass is 304 g/mol. The lowest BCUT2D eigenvalue weighted by Crippen LogP contribution is -2.23. The van der Waals surface area contributed by atoms with Crippen molar-refractivity contribution in [3.05, 3.63) is 35.2 Å². The van der Waals surface area contributed by atoms with Gasteiger partial charge < -0.3 is 9.88 Å². The van der Waals surface area contributed by atoms with Crippen LogP contribution in [0.5, 0.6) is 0 Å². The highest BCUT2D eigenvalue weighted by Gasteiger charge is 2.19. The number of amides is 1. The van der Waals surface area contributed by atoms with Gasteiger partial charge in [0.1, 0.15) is 5.82 Å². The summed E-state index contributed by atoms with van der Waals surface area (Å²) in [5.74, 6) is 0.804. The lowest BCUT2D eigenvalue weighted by atomic mass is 10.1. The van der Waals surface area contributed by atoms with Crippen molar-refractivity contribution in [1.82, 2.24) is 14.8 Å². The van der Waals surface area contributed by atoms with Crippen LogP contribution in [-0.4, -0.2) is 25.9 Å². The molecular weight excluding hydrogens is 284 g/mol. The van der Waals surface area contributed by atoms with E-state index in [1.54, 1.807) is 0 Å². The van der Waals surface area contributed by atoms with Gasteiger partial charge in [-0.1, -0.05) is 30.0 Å². The molecule has 0 aliphatic rings. The van der Waals surface area contributed by atoms with Gasteiger partial charge in [0, 0.05) is 12.7 Å². The molecule has 0 saturated heterocycles. The van der Waals surface area contributed by atoms with E-state index in [0.717, 1.165) is 27.8 Å². The fraction of sp³-hybridized carbons (Fsp3) is 0.400. The molecule has 1 N–H and O–H groups in total. The van der Waals surface area contributed by atoms with E-state index >= 15 is 0 Å². The zero-order chi connectivity index (χ0) is 15.6. The molecule has 0 unspecified atom stereocenters. The lowest BCUT2D eigenvalue weighted by Gasteiger charge is -2.15. The first-order chi connectivity index (χ1) is 9.90. The summed E-state index contributed by atoms with van der Waals surface area (Å²) in [5, 5.41) is 11.6. The summed E-state index contributed by atoms with van der Waals surface area (Å²) < 4.78 is 1.88. The Hall–Kier alpha value is -1.82. The van der Waals surface area contributed by atoms with E-state index in [1.807, 2.05) is 57.5 Å². The summed E-state index contributed by atoms with van der Waals surface area (Å²) >= 11 is 1.41. The highest BCUT2D eigenvalue weighted by Crippen LogP contribution is 2.24. The second-order valence-corrected chi connectivity index (χ2v) is 6.41. The zero-order valence-electron chi connectivity index (χ0n) is 13.0. The van der Waals surface area contributed by atoms with Crippen molar-refractivity contribution in [3.8, 4) is 0 Å². The average molecular weight is 304 g/mol. The quantitative estimate of drug-likeness (QED) is 0.882. The number of nitrogens with one attached hydrogen (secondary N) is 1. The number of aryl methyl sites for hydroxylation is 3. The van der Waals surface area contributed by atoms with Crippen LogP contribution in [0.1, 0.15) is 23.9 Å². The number of para-hydroxylation sites is 1. The number of thioether (sulfide) groups is 1. The van der Waals surface area contributed by atoms with Gasteiger partial charge in [-0.3, -0.25) is 4.79 Å². The molecule has 0 spiro atoms. The maximum Gasteiger partial charge on any atom is 0.237 e. The van der Waals surface area contributed by atoms with Crippen LogP contribution in [-0.2, 0) is 11.8 Å². The van der Waals surface area contributed by atoms with Gasteiger partial charge in [-0.05, 0) is 38.8 Å². The van der Waals surface area contributed by atoms with Crippen LogP contribution < -0.4 is 5.32 Å². The van der Waals surface area contributed by atoms with Crippen molar-refractivity contribution in [2.75, 3.05) is 5.32 Å². The number of carbonyl (C=O) groups excluding carboxylic acids is 1. The molecule has 1 aromatic heterocycles. The van der Waals surface area contributed by atoms with E-state index in [4.69, 9.17) is 0 Å². The maximum absolute atomic E-state index is 12.3. The van der Waals surface area contributed by atoms with Crippen LogP contribution in [0.25, 0.3) is 0 Å². The molecule has 6 heteroatoms. The molecule has 5 nitrogen and oxygen atoms in total. The predicted octanol–water partition coefficient (Wildman–Crippen LogP) is 2.86. The summed E-state index contributed by atoms with van der Waals surface area (Å²) in [4.78, 5) is 12.3. The molecule has 0 radical (unpaired) electrons. The van der Waals surface area contributed by atoms with Crippen molar-refractivity contribution >= 4 is 23.4 Å². The van der Waals surface area contributed by atoms with E-state index < -0.39 is 0 Å². The van der Waals surface area contributed by atoms with Crippen LogP contribution in [0.4, 0.5) is 5.69 Å². The molecule has 0 bridgehead atoms. The Morgan fingerprint density at radius 2 is 1.86 bits per heavy atom. The number of nitrogens with zero attached hydrogens (tertiary/aromatic N) is 3. The van der Waals surface area contributed by atoms with Crippen LogP contribution in [0.3, 0.4) is 0 Å². The highest BCUT2D eigenvalue weighted by molar-refractivity contribution is 8.00. The standard InChI is InChI=1S/C15H20N4OS/c1-9-7-6-8-10(2)13(9)16-14(20)11(3)21-15-18-17-12(4)19(15)5/h6-8,11H,1-5H3,(H,16,20)/t11-/m1/s1. The molecule has 21 heavy (non-hydrogen) atoms. The molecule has 2 aromatic rings. The van der Waals surface area contributed by atoms with E-state index in [2.05, 4.69) is 15.5 Å². The van der Waals surface area contributed by atoms with Crippen molar-refractivity contribution in [2.24, 2.45) is 7.05 Å². The minimum atomic E-state index is -0.244. The molecule has 2 rings (SSSR count). The minimum Gasteiger partial charge on any atom is -0.325 e. The smallest absolute Gasteiger partial charge is 0.237 e. The molecular formula is C15H20N4OS. The van der Waals surface area contributed by atoms with Crippen LogP contribution in [0.2, 0.25) is 0 Å². The summed E-state index contributed by atoms with van der Waals surface area (Å²) in [7, 11) is 1.90. The van der Waals surface area contributed by atoms with Gasteiger partial charge in [0.25, 0.3) is 0 Å². The summed E-state index contributed by atoms with van der Waals surface area (Å²) in [5.41, 5.74) is 3.02. The van der Waals surface area contributed by atoms with Crippen molar-refractivity contribution in [2.45, 2.75) is 38.1 Å². The third-order valence-corrected chi connectivity index (χ3v) is 4.57. The molecule has 0 aliphatic heterocycles. The van der Waals surface area contributed by atoms with Gasteiger partial charge >= 0.3 is 0 Å². The van der Waals surface area contributed by atoms with Gasteiger partial charge in [0.2, 0.25) is 5.91 Å². The summed E-state index contributed by atoms with van der Waals surface area (Å²) in [6, 6.07) is 5.97. The molecule has 112 valence electrons. The molecule has 1 atom stereocenters. The fourth-order valence-electron chi connectivity index (χ4n) is 1.94. The van der Waals surface area contributed by atoms with Crippen molar-refractivity contribution in [3.63, 3.8) is 0 Å². The van der Waals surface area contributed by atoms with E-state index in [-0.39, 0.29) is 11.2 Å². The first-order valence-electron chi connectivity index (χ1n) is 6.80. The van der Waals surface area contributed by atoms with Crippen LogP contribution in [0.15, 0.2) is 23.4 Å². The lowest BCUT2D eigenvalue weighted by molar-refractivity contribution is -0.115. The highest BCUT2D eigenvalue weighted by atomic mass is 32.2. The van der Waals surface area contributed by atoms with E-state index in [1.165, 1.54) is 11.8 Å². The average Bonchev–Trinajstić information content (AvgIpc) is 2.75. The number of aromatic nitrogens is 3. The Morgan fingerprint density at radius 3 is 2.38 bits per heavy atom. The van der Waals surface area contributed by atoms with Gasteiger partial charge in [-0.25, -0.2) is 0 Å². The van der Waals surface area contributed by atoms with E-state index in [0.29, 0.717) is 0 Å². The Bertz CT molecular complexity index is 645. The van der Waals surface area contributed by atoms with Gasteiger partial charge in [0.15, 0.2) is 5.16 Å². The topological polar surface area (TPSA) is 59.8 Å². The first kappa shape index (κ1) is 15.6. The number of rotatable bonds is 4. The van der Waals surface area contributed by atoms with Crippen molar-refractivity contribution < 1.29 is 4.79 Å². The molecule has 0 saturated carbocycles. The predicted molar refractivity (Wildman–Crippen MR) is 85.6 cm³/mol. The van der Waals surface area contributed by atoms with Gasteiger partial charge in [0.05, 0.1) is 5.25 Å². The maximum atomic E-state index is 12.3. The Kier molecular flexibility index (Phi) is 4.67. The number of benzene rings is 1. The summed E-state index contributed by atoms with van der Waals surface area (Å²) in [6.07, 6.45) is 0. The molecule has 1 aromatic carbocycles.